The summed E-state index contributed by atoms with van der Waals surface area (Å²) in [6.45, 7) is 2.29. The summed E-state index contributed by atoms with van der Waals surface area (Å²) in [6, 6.07) is 3.68. The summed E-state index contributed by atoms with van der Waals surface area (Å²) in [5, 5.41) is 12.8. The molecule has 0 saturated heterocycles. The van der Waals surface area contributed by atoms with Gasteiger partial charge in [0.2, 0.25) is 0 Å². The molecular weight excluding hydrogens is 152 g/mol. The molecule has 1 aromatic heterocycles. The standard InChI is InChI=1S/C9H14N2O/c1-9(12,7-10-2)8-4-3-5-11-6-8/h3-6,10,12H,7H2,1-2H3. The van der Waals surface area contributed by atoms with Crippen molar-refractivity contribution in [3.05, 3.63) is 30.1 Å². The van der Waals surface area contributed by atoms with Crippen molar-refractivity contribution >= 4 is 0 Å². The zero-order valence-electron chi connectivity index (χ0n) is 7.41. The predicted molar refractivity (Wildman–Crippen MR) is 47.7 cm³/mol. The summed E-state index contributed by atoms with van der Waals surface area (Å²) in [4.78, 5) is 3.95. The lowest BCUT2D eigenvalue weighted by Crippen LogP contribution is -2.33. The molecule has 1 aromatic rings. The van der Waals surface area contributed by atoms with Crippen LogP contribution in [0.5, 0.6) is 0 Å². The van der Waals surface area contributed by atoms with Gasteiger partial charge in [-0.05, 0) is 20.0 Å². The highest BCUT2D eigenvalue weighted by molar-refractivity contribution is 5.17. The minimum atomic E-state index is -0.830. The fourth-order valence-corrected chi connectivity index (χ4v) is 1.13. The van der Waals surface area contributed by atoms with Gasteiger partial charge >= 0.3 is 0 Å². The maximum atomic E-state index is 9.88. The Hall–Kier alpha value is -0.930. The van der Waals surface area contributed by atoms with Gasteiger partial charge in [-0.15, -0.1) is 0 Å². The van der Waals surface area contributed by atoms with Crippen LogP contribution < -0.4 is 5.32 Å². The van der Waals surface area contributed by atoms with Crippen molar-refractivity contribution < 1.29 is 5.11 Å². The third-order valence-electron chi connectivity index (χ3n) is 1.80. The number of pyridine rings is 1. The monoisotopic (exact) mass is 166 g/mol. The second-order valence-corrected chi connectivity index (χ2v) is 3.05. The van der Waals surface area contributed by atoms with Crippen LogP contribution in [0, 0.1) is 0 Å². The molecule has 0 aliphatic heterocycles. The number of rotatable bonds is 3. The lowest BCUT2D eigenvalue weighted by molar-refractivity contribution is 0.0588. The van der Waals surface area contributed by atoms with Crippen LogP contribution in [0.15, 0.2) is 24.5 Å². The van der Waals surface area contributed by atoms with E-state index in [1.165, 1.54) is 0 Å². The predicted octanol–water partition coefficient (Wildman–Crippen LogP) is 0.509. The molecule has 0 saturated carbocycles. The van der Waals surface area contributed by atoms with Crippen LogP contribution in [-0.4, -0.2) is 23.7 Å². The normalized spacial score (nSPS) is 15.6. The Bertz CT molecular complexity index is 234. The van der Waals surface area contributed by atoms with E-state index in [0.29, 0.717) is 6.54 Å². The number of hydrogen-bond donors (Lipinski definition) is 2. The topological polar surface area (TPSA) is 45.1 Å². The fourth-order valence-electron chi connectivity index (χ4n) is 1.13. The third-order valence-corrected chi connectivity index (χ3v) is 1.80. The molecule has 3 heteroatoms. The Morgan fingerprint density at radius 2 is 2.42 bits per heavy atom. The summed E-state index contributed by atoms with van der Waals surface area (Å²) in [7, 11) is 1.81. The molecule has 2 N–H and O–H groups in total. The van der Waals surface area contributed by atoms with Crippen LogP contribution >= 0.6 is 0 Å². The van der Waals surface area contributed by atoms with Crippen LogP contribution in [0.4, 0.5) is 0 Å². The lowest BCUT2D eigenvalue weighted by atomic mass is 9.98. The van der Waals surface area contributed by atoms with E-state index in [4.69, 9.17) is 0 Å². The van der Waals surface area contributed by atoms with Crippen LogP contribution in [0.1, 0.15) is 12.5 Å². The third kappa shape index (κ3) is 2.03. The van der Waals surface area contributed by atoms with Crippen LogP contribution in [0.3, 0.4) is 0 Å². The zero-order valence-corrected chi connectivity index (χ0v) is 7.41. The molecule has 3 nitrogen and oxygen atoms in total. The average Bonchev–Trinajstić information content (AvgIpc) is 2.06. The van der Waals surface area contributed by atoms with Crippen molar-refractivity contribution in [2.75, 3.05) is 13.6 Å². The number of aromatic nitrogens is 1. The van der Waals surface area contributed by atoms with E-state index >= 15 is 0 Å². The smallest absolute Gasteiger partial charge is 0.101 e. The quantitative estimate of drug-likeness (QED) is 0.687. The molecule has 1 atom stereocenters. The van der Waals surface area contributed by atoms with Crippen molar-refractivity contribution in [2.24, 2.45) is 0 Å². The van der Waals surface area contributed by atoms with Crippen molar-refractivity contribution in [1.82, 2.24) is 10.3 Å². The van der Waals surface area contributed by atoms with E-state index in [1.54, 1.807) is 19.3 Å². The molecule has 1 unspecified atom stereocenters. The van der Waals surface area contributed by atoms with Gasteiger partial charge in [0, 0.05) is 24.5 Å². The number of likely N-dealkylation sites (N-methyl/N-ethyl adjacent to an activating group) is 1. The van der Waals surface area contributed by atoms with Gasteiger partial charge in [-0.1, -0.05) is 6.07 Å². The van der Waals surface area contributed by atoms with E-state index in [2.05, 4.69) is 10.3 Å². The van der Waals surface area contributed by atoms with E-state index < -0.39 is 5.60 Å². The van der Waals surface area contributed by atoms with Gasteiger partial charge in [0.15, 0.2) is 0 Å². The molecule has 0 aliphatic carbocycles. The van der Waals surface area contributed by atoms with E-state index in [1.807, 2.05) is 19.2 Å². The molecule has 0 fully saturated rings. The SMILES string of the molecule is CNCC(C)(O)c1cccnc1. The molecule has 0 spiro atoms. The molecule has 1 rings (SSSR count). The average molecular weight is 166 g/mol. The van der Waals surface area contributed by atoms with Gasteiger partial charge < -0.3 is 10.4 Å². The Balaban J connectivity index is 2.82. The molecule has 66 valence electrons. The second-order valence-electron chi connectivity index (χ2n) is 3.05. The van der Waals surface area contributed by atoms with Crippen molar-refractivity contribution in [2.45, 2.75) is 12.5 Å². The number of aliphatic hydroxyl groups is 1. The van der Waals surface area contributed by atoms with Gasteiger partial charge in [-0.25, -0.2) is 0 Å². The molecule has 0 bridgehead atoms. The van der Waals surface area contributed by atoms with Crippen LogP contribution in [0.25, 0.3) is 0 Å². The maximum absolute atomic E-state index is 9.88. The minimum Gasteiger partial charge on any atom is -0.384 e. The number of nitrogens with one attached hydrogen (secondary N) is 1. The number of nitrogens with zero attached hydrogens (tertiary/aromatic N) is 1. The molecule has 0 radical (unpaired) electrons. The van der Waals surface area contributed by atoms with Crippen molar-refractivity contribution in [3.8, 4) is 0 Å². The minimum absolute atomic E-state index is 0.526. The second kappa shape index (κ2) is 3.65. The van der Waals surface area contributed by atoms with E-state index in [-0.39, 0.29) is 0 Å². The van der Waals surface area contributed by atoms with Gasteiger partial charge in [-0.3, -0.25) is 4.98 Å². The van der Waals surface area contributed by atoms with E-state index in [9.17, 15) is 5.11 Å². The first-order chi connectivity index (χ1) is 5.67. The van der Waals surface area contributed by atoms with Gasteiger partial charge in [0.1, 0.15) is 5.60 Å². The molecular formula is C9H14N2O. The van der Waals surface area contributed by atoms with Crippen LogP contribution in [-0.2, 0) is 5.60 Å². The summed E-state index contributed by atoms with van der Waals surface area (Å²) in [6.07, 6.45) is 3.37. The first-order valence-corrected chi connectivity index (χ1v) is 3.94. The molecule has 1 heterocycles. The first kappa shape index (κ1) is 9.16. The summed E-state index contributed by atoms with van der Waals surface area (Å²) in [5.41, 5.74) is 0.00238. The van der Waals surface area contributed by atoms with Crippen molar-refractivity contribution in [1.29, 1.82) is 0 Å². The zero-order chi connectivity index (χ0) is 9.03. The lowest BCUT2D eigenvalue weighted by Gasteiger charge is -2.22. The fraction of sp³-hybridized carbons (Fsp3) is 0.444. The van der Waals surface area contributed by atoms with Crippen molar-refractivity contribution in [3.63, 3.8) is 0 Å². The van der Waals surface area contributed by atoms with E-state index in [0.717, 1.165) is 5.56 Å². The highest BCUT2D eigenvalue weighted by Crippen LogP contribution is 2.17. The molecule has 12 heavy (non-hydrogen) atoms. The molecule has 0 aromatic carbocycles. The molecule has 0 aliphatic rings. The highest BCUT2D eigenvalue weighted by Gasteiger charge is 2.21. The maximum Gasteiger partial charge on any atom is 0.101 e. The Labute approximate surface area is 72.5 Å². The summed E-state index contributed by atoms with van der Waals surface area (Å²) < 4.78 is 0. The summed E-state index contributed by atoms with van der Waals surface area (Å²) >= 11 is 0. The largest absolute Gasteiger partial charge is 0.384 e. The first-order valence-electron chi connectivity index (χ1n) is 3.94. The van der Waals surface area contributed by atoms with Gasteiger partial charge in [0.05, 0.1) is 0 Å². The van der Waals surface area contributed by atoms with Gasteiger partial charge in [-0.2, -0.15) is 0 Å². The molecule has 0 amide bonds. The Morgan fingerprint density at radius 3 is 2.92 bits per heavy atom. The Morgan fingerprint density at radius 1 is 1.67 bits per heavy atom. The van der Waals surface area contributed by atoms with Gasteiger partial charge in [0.25, 0.3) is 0 Å². The Kier molecular flexibility index (Phi) is 2.78. The highest BCUT2D eigenvalue weighted by atomic mass is 16.3. The number of hydrogen-bond acceptors (Lipinski definition) is 3. The van der Waals surface area contributed by atoms with Crippen LogP contribution in [0.2, 0.25) is 0 Å². The summed E-state index contributed by atoms with van der Waals surface area (Å²) in [5.74, 6) is 0.